The molecule has 1 aromatic rings. The number of hydrogen-bond donors (Lipinski definition) is 1. The Bertz CT molecular complexity index is 451. The summed E-state index contributed by atoms with van der Waals surface area (Å²) >= 11 is 0. The van der Waals surface area contributed by atoms with Gasteiger partial charge in [0, 0.05) is 17.1 Å². The Labute approximate surface area is 96.0 Å². The summed E-state index contributed by atoms with van der Waals surface area (Å²) in [7, 11) is -1.23. The second kappa shape index (κ2) is 6.03. The summed E-state index contributed by atoms with van der Waals surface area (Å²) < 4.78 is 11.7. The fourth-order valence-electron chi connectivity index (χ4n) is 1.17. The smallest absolute Gasteiger partial charge is 0.335 e. The van der Waals surface area contributed by atoms with E-state index in [1.54, 1.807) is 12.1 Å². The van der Waals surface area contributed by atoms with Crippen molar-refractivity contribution in [1.82, 2.24) is 0 Å². The van der Waals surface area contributed by atoms with E-state index >= 15 is 0 Å². The molecule has 0 bridgehead atoms. The van der Waals surface area contributed by atoms with Crippen LogP contribution >= 0.6 is 0 Å². The number of hydrogen-bond acceptors (Lipinski definition) is 3. The molecule has 4 nitrogen and oxygen atoms in total. The number of carboxylic acid groups (broad SMARTS) is 1. The van der Waals surface area contributed by atoms with Crippen LogP contribution < -0.4 is 0 Å². The number of unbranched alkanes of at least 4 members (excludes halogenated alkanes) is 1. The summed E-state index contributed by atoms with van der Waals surface area (Å²) in [6.07, 6.45) is 0.921. The molecule has 84 valence electrons. The topological polar surface area (TPSA) is 78.2 Å². The van der Waals surface area contributed by atoms with E-state index in [9.17, 15) is 9.00 Å². The zero-order valence-electron chi connectivity index (χ0n) is 8.55. The molecule has 1 aromatic carbocycles. The standard InChI is InChI=1S/C11H11NO3S/c12-6-1-2-7-16(15)10-5-3-4-9(8-10)11(13)14/h3-5,8H,1-2,7H2,(H,13,14). The van der Waals surface area contributed by atoms with E-state index in [2.05, 4.69) is 0 Å². The van der Waals surface area contributed by atoms with Crippen molar-refractivity contribution in [3.63, 3.8) is 0 Å². The van der Waals surface area contributed by atoms with Gasteiger partial charge in [0.05, 0.1) is 22.4 Å². The molecular formula is C11H11NO3S. The minimum atomic E-state index is -1.23. The highest BCUT2D eigenvalue weighted by atomic mass is 32.2. The van der Waals surface area contributed by atoms with Gasteiger partial charge in [0.25, 0.3) is 0 Å². The molecule has 5 heteroatoms. The largest absolute Gasteiger partial charge is 0.478 e. The van der Waals surface area contributed by atoms with Gasteiger partial charge in [0.15, 0.2) is 0 Å². The Hall–Kier alpha value is -1.67. The predicted octanol–water partition coefficient (Wildman–Crippen LogP) is 1.80. The lowest BCUT2D eigenvalue weighted by molar-refractivity contribution is 0.0696. The van der Waals surface area contributed by atoms with Gasteiger partial charge in [0.2, 0.25) is 0 Å². The molecule has 0 fully saturated rings. The summed E-state index contributed by atoms with van der Waals surface area (Å²) in [5.41, 5.74) is 0.131. The second-order valence-corrected chi connectivity index (χ2v) is 4.71. The van der Waals surface area contributed by atoms with Crippen LogP contribution in [0.25, 0.3) is 0 Å². The fourth-order valence-corrected chi connectivity index (χ4v) is 2.30. The van der Waals surface area contributed by atoms with Crippen LogP contribution in [-0.2, 0) is 10.8 Å². The molecule has 1 rings (SSSR count). The predicted molar refractivity (Wildman–Crippen MR) is 59.5 cm³/mol. The van der Waals surface area contributed by atoms with Crippen LogP contribution in [0.5, 0.6) is 0 Å². The van der Waals surface area contributed by atoms with Gasteiger partial charge in [-0.1, -0.05) is 6.07 Å². The number of carboxylic acids is 1. The van der Waals surface area contributed by atoms with Gasteiger partial charge >= 0.3 is 5.97 Å². The highest BCUT2D eigenvalue weighted by Gasteiger charge is 2.07. The van der Waals surface area contributed by atoms with Gasteiger partial charge in [0.1, 0.15) is 0 Å². The van der Waals surface area contributed by atoms with E-state index in [4.69, 9.17) is 10.4 Å². The van der Waals surface area contributed by atoms with Crippen LogP contribution in [0.15, 0.2) is 29.2 Å². The Morgan fingerprint density at radius 3 is 2.88 bits per heavy atom. The molecule has 0 aliphatic carbocycles. The molecule has 0 heterocycles. The van der Waals surface area contributed by atoms with Gasteiger partial charge in [-0.05, 0) is 24.6 Å². The van der Waals surface area contributed by atoms with E-state index in [0.717, 1.165) is 0 Å². The molecule has 16 heavy (non-hydrogen) atoms. The van der Waals surface area contributed by atoms with Crippen molar-refractivity contribution in [2.24, 2.45) is 0 Å². The molecule has 0 radical (unpaired) electrons. The molecule has 1 N–H and O–H groups in total. The maximum atomic E-state index is 11.7. The van der Waals surface area contributed by atoms with Crippen molar-refractivity contribution in [1.29, 1.82) is 5.26 Å². The highest BCUT2D eigenvalue weighted by molar-refractivity contribution is 7.85. The normalized spacial score (nSPS) is 11.7. The SMILES string of the molecule is N#CCCCS(=O)c1cccc(C(=O)O)c1. The van der Waals surface area contributed by atoms with E-state index in [0.29, 0.717) is 23.5 Å². The first-order chi connectivity index (χ1) is 7.65. The van der Waals surface area contributed by atoms with Crippen molar-refractivity contribution >= 4 is 16.8 Å². The summed E-state index contributed by atoms with van der Waals surface area (Å²) in [4.78, 5) is 11.2. The van der Waals surface area contributed by atoms with E-state index < -0.39 is 16.8 Å². The molecule has 0 saturated carbocycles. The van der Waals surface area contributed by atoms with Gasteiger partial charge in [-0.3, -0.25) is 4.21 Å². The molecule has 0 aliphatic rings. The van der Waals surface area contributed by atoms with Gasteiger partial charge in [-0.15, -0.1) is 0 Å². The van der Waals surface area contributed by atoms with Crippen LogP contribution in [0.3, 0.4) is 0 Å². The quantitative estimate of drug-likeness (QED) is 0.792. The maximum absolute atomic E-state index is 11.7. The average molecular weight is 237 g/mol. The first-order valence-corrected chi connectivity index (χ1v) is 6.05. The third-order valence-electron chi connectivity index (χ3n) is 1.96. The zero-order valence-corrected chi connectivity index (χ0v) is 9.37. The number of nitrogens with zero attached hydrogens (tertiary/aromatic N) is 1. The monoisotopic (exact) mass is 237 g/mol. The molecular weight excluding hydrogens is 226 g/mol. The first kappa shape index (κ1) is 12.4. The van der Waals surface area contributed by atoms with E-state index in [1.165, 1.54) is 12.1 Å². The second-order valence-electron chi connectivity index (χ2n) is 3.14. The summed E-state index contributed by atoms with van der Waals surface area (Å²) in [6.45, 7) is 0. The minimum Gasteiger partial charge on any atom is -0.478 e. The lowest BCUT2D eigenvalue weighted by atomic mass is 10.2. The Balaban J connectivity index is 2.73. The fraction of sp³-hybridized carbons (Fsp3) is 0.273. The number of carbonyl (C=O) groups is 1. The van der Waals surface area contributed by atoms with Crippen LogP contribution in [0.4, 0.5) is 0 Å². The molecule has 0 aliphatic heterocycles. The van der Waals surface area contributed by atoms with Crippen molar-refractivity contribution in [3.8, 4) is 6.07 Å². The van der Waals surface area contributed by atoms with Crippen LogP contribution in [0.2, 0.25) is 0 Å². The number of rotatable bonds is 5. The van der Waals surface area contributed by atoms with Crippen LogP contribution in [-0.4, -0.2) is 21.0 Å². The molecule has 0 spiro atoms. The molecule has 0 aromatic heterocycles. The van der Waals surface area contributed by atoms with Crippen molar-refractivity contribution < 1.29 is 14.1 Å². The van der Waals surface area contributed by atoms with Crippen LogP contribution in [0, 0.1) is 11.3 Å². The van der Waals surface area contributed by atoms with Crippen LogP contribution in [0.1, 0.15) is 23.2 Å². The molecule has 1 atom stereocenters. The summed E-state index contributed by atoms with van der Waals surface area (Å²) in [6, 6.07) is 8.04. The van der Waals surface area contributed by atoms with Crippen molar-refractivity contribution in [2.75, 3.05) is 5.75 Å². The third-order valence-corrected chi connectivity index (χ3v) is 3.40. The number of benzene rings is 1. The average Bonchev–Trinajstić information content (AvgIpc) is 2.29. The zero-order chi connectivity index (χ0) is 12.0. The minimum absolute atomic E-state index is 0.131. The molecule has 1 unspecified atom stereocenters. The van der Waals surface area contributed by atoms with Gasteiger partial charge in [-0.2, -0.15) is 5.26 Å². The Morgan fingerprint density at radius 2 is 2.25 bits per heavy atom. The van der Waals surface area contributed by atoms with Crippen molar-refractivity contribution in [3.05, 3.63) is 29.8 Å². The van der Waals surface area contributed by atoms with E-state index in [-0.39, 0.29) is 5.56 Å². The van der Waals surface area contributed by atoms with Gasteiger partial charge < -0.3 is 5.11 Å². The Kier molecular flexibility index (Phi) is 4.67. The third kappa shape index (κ3) is 3.48. The highest BCUT2D eigenvalue weighted by Crippen LogP contribution is 2.11. The maximum Gasteiger partial charge on any atom is 0.335 e. The first-order valence-electron chi connectivity index (χ1n) is 4.74. The molecule has 0 amide bonds. The van der Waals surface area contributed by atoms with Crippen molar-refractivity contribution in [2.45, 2.75) is 17.7 Å². The number of aromatic carboxylic acids is 1. The molecule has 0 saturated heterocycles. The number of nitriles is 1. The van der Waals surface area contributed by atoms with E-state index in [1.807, 2.05) is 6.07 Å². The lowest BCUT2D eigenvalue weighted by Gasteiger charge is -2.01. The van der Waals surface area contributed by atoms with Gasteiger partial charge in [-0.25, -0.2) is 4.79 Å². The summed E-state index contributed by atoms with van der Waals surface area (Å²) in [5.74, 6) is -0.646. The lowest BCUT2D eigenvalue weighted by Crippen LogP contribution is -2.01. The Morgan fingerprint density at radius 1 is 1.50 bits per heavy atom. The summed E-state index contributed by atoms with van der Waals surface area (Å²) in [5, 5.41) is 17.1.